The van der Waals surface area contributed by atoms with E-state index in [0.29, 0.717) is 36.4 Å². The molecule has 0 spiro atoms. The van der Waals surface area contributed by atoms with Gasteiger partial charge in [0, 0.05) is 32.0 Å². The summed E-state index contributed by atoms with van der Waals surface area (Å²) in [5.74, 6) is -2.84. The number of hydrogen-bond acceptors (Lipinski definition) is 2. The zero-order chi connectivity index (χ0) is 17.3. The van der Waals surface area contributed by atoms with Crippen LogP contribution in [0.2, 0.25) is 0 Å². The van der Waals surface area contributed by atoms with Crippen LogP contribution in [0.25, 0.3) is 0 Å². The summed E-state index contributed by atoms with van der Waals surface area (Å²) < 4.78 is 46.4. The van der Waals surface area contributed by atoms with Gasteiger partial charge in [0.1, 0.15) is 11.6 Å². The van der Waals surface area contributed by atoms with Gasteiger partial charge in [-0.25, -0.2) is 13.2 Å². The van der Waals surface area contributed by atoms with Crippen LogP contribution in [0.3, 0.4) is 0 Å². The molecule has 1 aromatic carbocycles. The van der Waals surface area contributed by atoms with Crippen molar-refractivity contribution in [1.29, 1.82) is 0 Å². The second kappa shape index (κ2) is 6.49. The number of carbonyl (C=O) groups is 1. The SMILES string of the molecule is C=CC(=O)N1CCc2c(F)cc(OC3CCC(F)(F)CC3)cc2C1. The molecule has 24 heavy (non-hydrogen) atoms. The second-order valence-electron chi connectivity index (χ2n) is 6.43. The van der Waals surface area contributed by atoms with Crippen LogP contribution in [-0.2, 0) is 17.8 Å². The Morgan fingerprint density at radius 3 is 2.71 bits per heavy atom. The molecule has 1 fully saturated rings. The zero-order valence-corrected chi connectivity index (χ0v) is 13.4. The van der Waals surface area contributed by atoms with Gasteiger partial charge in [0.05, 0.1) is 6.10 Å². The molecule has 1 aromatic rings. The lowest BCUT2D eigenvalue weighted by atomic mass is 9.94. The third-order valence-corrected chi connectivity index (χ3v) is 4.71. The molecule has 1 aliphatic carbocycles. The van der Waals surface area contributed by atoms with E-state index in [9.17, 15) is 18.0 Å². The molecule has 1 saturated carbocycles. The number of ether oxygens (including phenoxy) is 1. The first-order valence-corrected chi connectivity index (χ1v) is 8.15. The molecule has 2 aliphatic rings. The highest BCUT2D eigenvalue weighted by Gasteiger charge is 2.36. The molecule has 0 N–H and O–H groups in total. The molecule has 1 aliphatic heterocycles. The summed E-state index contributed by atoms with van der Waals surface area (Å²) in [5.41, 5.74) is 1.29. The Morgan fingerprint density at radius 2 is 2.04 bits per heavy atom. The summed E-state index contributed by atoms with van der Waals surface area (Å²) >= 11 is 0. The summed E-state index contributed by atoms with van der Waals surface area (Å²) in [6.07, 6.45) is 1.47. The van der Waals surface area contributed by atoms with Gasteiger partial charge in [0.2, 0.25) is 11.8 Å². The molecule has 3 rings (SSSR count). The average molecular weight is 339 g/mol. The zero-order valence-electron chi connectivity index (χ0n) is 13.4. The number of rotatable bonds is 3. The van der Waals surface area contributed by atoms with Crippen molar-refractivity contribution < 1.29 is 22.7 Å². The molecule has 0 unspecified atom stereocenters. The van der Waals surface area contributed by atoms with Crippen LogP contribution < -0.4 is 4.74 Å². The Labute approximate surface area is 139 Å². The van der Waals surface area contributed by atoms with Crippen LogP contribution >= 0.6 is 0 Å². The van der Waals surface area contributed by atoms with Gasteiger partial charge >= 0.3 is 0 Å². The van der Waals surface area contributed by atoms with E-state index < -0.39 is 5.92 Å². The number of amides is 1. The molecular formula is C18H20F3NO2. The third-order valence-electron chi connectivity index (χ3n) is 4.71. The van der Waals surface area contributed by atoms with Crippen molar-refractivity contribution in [3.05, 3.63) is 41.7 Å². The predicted octanol–water partition coefficient (Wildman–Crippen LogP) is 3.85. The summed E-state index contributed by atoms with van der Waals surface area (Å²) in [6, 6.07) is 3.03. The number of halogens is 3. The number of alkyl halides is 2. The first kappa shape index (κ1) is 16.9. The number of carbonyl (C=O) groups excluding carboxylic acids is 1. The number of nitrogens with zero attached hydrogens (tertiary/aromatic N) is 1. The monoisotopic (exact) mass is 339 g/mol. The normalized spacial score (nSPS) is 20.4. The van der Waals surface area contributed by atoms with Gasteiger partial charge < -0.3 is 9.64 Å². The summed E-state index contributed by atoms with van der Waals surface area (Å²) in [5, 5.41) is 0. The molecule has 3 nitrogen and oxygen atoms in total. The largest absolute Gasteiger partial charge is 0.490 e. The number of benzene rings is 1. The van der Waals surface area contributed by atoms with Crippen molar-refractivity contribution in [1.82, 2.24) is 4.90 Å². The summed E-state index contributed by atoms with van der Waals surface area (Å²) in [7, 11) is 0. The van der Waals surface area contributed by atoms with Crippen molar-refractivity contribution in [2.75, 3.05) is 6.54 Å². The van der Waals surface area contributed by atoms with Crippen molar-refractivity contribution in [2.45, 2.75) is 50.7 Å². The van der Waals surface area contributed by atoms with E-state index in [-0.39, 0.29) is 43.5 Å². The minimum atomic E-state index is -2.62. The van der Waals surface area contributed by atoms with Crippen molar-refractivity contribution in [2.24, 2.45) is 0 Å². The van der Waals surface area contributed by atoms with Gasteiger partial charge in [-0.05, 0) is 42.5 Å². The Kier molecular flexibility index (Phi) is 4.56. The van der Waals surface area contributed by atoms with Crippen LogP contribution in [0.4, 0.5) is 13.2 Å². The Balaban J connectivity index is 1.73. The lowest BCUT2D eigenvalue weighted by molar-refractivity contribution is -0.126. The molecule has 6 heteroatoms. The molecular weight excluding hydrogens is 319 g/mol. The van der Waals surface area contributed by atoms with E-state index >= 15 is 0 Å². The highest BCUT2D eigenvalue weighted by Crippen LogP contribution is 2.35. The third kappa shape index (κ3) is 3.57. The second-order valence-corrected chi connectivity index (χ2v) is 6.43. The Hall–Kier alpha value is -1.98. The Morgan fingerprint density at radius 1 is 1.33 bits per heavy atom. The first-order valence-electron chi connectivity index (χ1n) is 8.15. The van der Waals surface area contributed by atoms with Gasteiger partial charge in [-0.1, -0.05) is 6.58 Å². The maximum absolute atomic E-state index is 14.3. The van der Waals surface area contributed by atoms with Crippen molar-refractivity contribution in [3.63, 3.8) is 0 Å². The smallest absolute Gasteiger partial charge is 0.248 e. The molecule has 0 atom stereocenters. The first-order chi connectivity index (χ1) is 11.4. The molecule has 0 saturated heterocycles. The van der Waals surface area contributed by atoms with Crippen molar-refractivity contribution in [3.8, 4) is 5.75 Å². The van der Waals surface area contributed by atoms with Crippen LogP contribution in [-0.4, -0.2) is 29.4 Å². The Bertz CT molecular complexity index is 650. The van der Waals surface area contributed by atoms with Gasteiger partial charge in [-0.2, -0.15) is 0 Å². The van der Waals surface area contributed by atoms with E-state index in [1.807, 2.05) is 0 Å². The van der Waals surface area contributed by atoms with Crippen LogP contribution in [0, 0.1) is 5.82 Å². The minimum Gasteiger partial charge on any atom is -0.490 e. The molecule has 130 valence electrons. The van der Waals surface area contributed by atoms with E-state index in [4.69, 9.17) is 4.74 Å². The highest BCUT2D eigenvalue weighted by atomic mass is 19.3. The fourth-order valence-electron chi connectivity index (χ4n) is 3.33. The van der Waals surface area contributed by atoms with E-state index in [0.717, 1.165) is 0 Å². The molecule has 1 amide bonds. The van der Waals surface area contributed by atoms with E-state index in [1.165, 1.54) is 12.1 Å². The number of hydrogen-bond donors (Lipinski definition) is 0. The molecule has 1 heterocycles. The quantitative estimate of drug-likeness (QED) is 0.783. The minimum absolute atomic E-state index is 0.193. The van der Waals surface area contributed by atoms with E-state index in [1.54, 1.807) is 11.0 Å². The lowest BCUT2D eigenvalue weighted by Crippen LogP contribution is -2.35. The topological polar surface area (TPSA) is 29.5 Å². The average Bonchev–Trinajstić information content (AvgIpc) is 2.55. The number of fused-ring (bicyclic) bond motifs is 1. The summed E-state index contributed by atoms with van der Waals surface area (Å²) in [6.45, 7) is 4.22. The predicted molar refractivity (Wildman–Crippen MR) is 83.5 cm³/mol. The van der Waals surface area contributed by atoms with Crippen molar-refractivity contribution >= 4 is 5.91 Å². The standard InChI is InChI=1S/C18H20F3NO2/c1-2-17(23)22-8-5-15-12(11-22)9-14(10-16(15)19)24-13-3-6-18(20,21)7-4-13/h2,9-10,13H,1,3-8,11H2. The molecule has 0 aromatic heterocycles. The van der Waals surface area contributed by atoms with E-state index in [2.05, 4.69) is 6.58 Å². The highest BCUT2D eigenvalue weighted by molar-refractivity contribution is 5.87. The van der Waals surface area contributed by atoms with Gasteiger partial charge in [-0.3, -0.25) is 4.79 Å². The van der Waals surface area contributed by atoms with Gasteiger partial charge in [-0.15, -0.1) is 0 Å². The van der Waals surface area contributed by atoms with Gasteiger partial charge in [0.25, 0.3) is 0 Å². The summed E-state index contributed by atoms with van der Waals surface area (Å²) in [4.78, 5) is 13.3. The maximum Gasteiger partial charge on any atom is 0.248 e. The van der Waals surface area contributed by atoms with Crippen LogP contribution in [0.5, 0.6) is 5.75 Å². The lowest BCUT2D eigenvalue weighted by Gasteiger charge is -2.31. The fourth-order valence-corrected chi connectivity index (χ4v) is 3.33. The fraction of sp³-hybridized carbons (Fsp3) is 0.500. The maximum atomic E-state index is 14.3. The van der Waals surface area contributed by atoms with Gasteiger partial charge in [0.15, 0.2) is 0 Å². The molecule has 0 radical (unpaired) electrons. The molecule has 0 bridgehead atoms. The van der Waals surface area contributed by atoms with Crippen LogP contribution in [0.15, 0.2) is 24.8 Å². The van der Waals surface area contributed by atoms with Crippen LogP contribution in [0.1, 0.15) is 36.8 Å².